The third kappa shape index (κ3) is 7.87. The quantitative estimate of drug-likeness (QED) is 0.155. The number of hydrogen-bond donors (Lipinski definition) is 3. The van der Waals surface area contributed by atoms with Crippen LogP contribution in [0, 0.1) is 0 Å². The van der Waals surface area contributed by atoms with Crippen molar-refractivity contribution in [3.63, 3.8) is 0 Å². The fraction of sp³-hybridized carbons (Fsp3) is 0.258. The molecule has 5 aromatic rings. The zero-order valence-electron chi connectivity index (χ0n) is 23.0. The van der Waals surface area contributed by atoms with Crippen molar-refractivity contribution in [3.05, 3.63) is 106 Å². The number of fused-ring (bicyclic) bond motifs is 1. The number of rotatable bonds is 11. The molecular formula is C31H31F3N6OS. The molecule has 1 atom stereocenters. The highest BCUT2D eigenvalue weighted by atomic mass is 32.2. The maximum atomic E-state index is 13.2. The maximum absolute atomic E-state index is 13.2. The predicted octanol–water partition coefficient (Wildman–Crippen LogP) is 6.35. The summed E-state index contributed by atoms with van der Waals surface area (Å²) in [5.41, 5.74) is 6.20. The van der Waals surface area contributed by atoms with E-state index in [0.29, 0.717) is 47.5 Å². The Bertz CT molecular complexity index is 1700. The first-order chi connectivity index (χ1) is 20.1. The SMILES string of the molecule is C[C@H](N)CCCc1cc(SC(F)(F)F)cc(-c2cc3cn(-c4ccc(CNCc5ccncc5)cc4)c(=O)nc3[nH]2)c1. The second-order valence-electron chi connectivity index (χ2n) is 10.3. The van der Waals surface area contributed by atoms with E-state index < -0.39 is 11.2 Å². The summed E-state index contributed by atoms with van der Waals surface area (Å²) in [4.78, 5) is 24.4. The van der Waals surface area contributed by atoms with Crippen LogP contribution < -0.4 is 16.7 Å². The van der Waals surface area contributed by atoms with Crippen molar-refractivity contribution in [2.24, 2.45) is 5.73 Å². The van der Waals surface area contributed by atoms with Gasteiger partial charge >= 0.3 is 11.2 Å². The van der Waals surface area contributed by atoms with Gasteiger partial charge in [0.2, 0.25) is 0 Å². The third-order valence-electron chi connectivity index (χ3n) is 6.77. The summed E-state index contributed by atoms with van der Waals surface area (Å²) in [7, 11) is 0. The first kappa shape index (κ1) is 29.6. The molecule has 0 amide bonds. The maximum Gasteiger partial charge on any atom is 0.446 e. The average molecular weight is 593 g/mol. The fourth-order valence-corrected chi connectivity index (χ4v) is 5.41. The molecule has 0 spiro atoms. The van der Waals surface area contributed by atoms with Crippen LogP contribution >= 0.6 is 11.8 Å². The predicted molar refractivity (Wildman–Crippen MR) is 160 cm³/mol. The highest BCUT2D eigenvalue weighted by Gasteiger charge is 2.29. The number of H-pyrrole nitrogens is 1. The number of thioether (sulfide) groups is 1. The molecule has 0 radical (unpaired) electrons. The van der Waals surface area contributed by atoms with E-state index in [9.17, 15) is 18.0 Å². The zero-order chi connectivity index (χ0) is 29.7. The van der Waals surface area contributed by atoms with Gasteiger partial charge in [-0.3, -0.25) is 9.55 Å². The highest BCUT2D eigenvalue weighted by molar-refractivity contribution is 8.00. The lowest BCUT2D eigenvalue weighted by Crippen LogP contribution is -2.20. The Kier molecular flexibility index (Phi) is 9.10. The minimum absolute atomic E-state index is 0.0235. The normalized spacial score (nSPS) is 12.6. The summed E-state index contributed by atoms with van der Waals surface area (Å²) in [5.74, 6) is 0. The number of nitrogens with two attached hydrogens (primary N) is 1. The van der Waals surface area contributed by atoms with Gasteiger partial charge in [-0.25, -0.2) is 4.79 Å². The number of hydrogen-bond acceptors (Lipinski definition) is 6. The van der Waals surface area contributed by atoms with Crippen LogP contribution in [0.1, 0.15) is 36.5 Å². The standard InChI is InChI=1S/C31H31F3N6OS/c1-20(35)3-2-4-23-13-24(15-27(14-23)42-31(32,33)34)28-16-25-19-40(30(41)39-29(25)38-28)26-7-5-21(6-8-26)17-37-18-22-9-11-36-12-10-22/h5-16,19-20,37H,2-4,17-18,35H2,1H3,(H,38,39,41)/t20-/m0/s1. The molecule has 2 aromatic carbocycles. The molecule has 3 aromatic heterocycles. The molecule has 3 heterocycles. The number of benzene rings is 2. The average Bonchev–Trinajstić information content (AvgIpc) is 3.35. The van der Waals surface area contributed by atoms with Gasteiger partial charge in [0.1, 0.15) is 5.65 Å². The summed E-state index contributed by atoms with van der Waals surface area (Å²) in [6, 6.07) is 18.3. The molecular weight excluding hydrogens is 561 g/mol. The summed E-state index contributed by atoms with van der Waals surface area (Å²) in [6.45, 7) is 3.29. The first-order valence-electron chi connectivity index (χ1n) is 13.6. The van der Waals surface area contributed by atoms with Gasteiger partial charge in [0.15, 0.2) is 0 Å². The molecule has 0 bridgehead atoms. The van der Waals surface area contributed by atoms with Crippen LogP contribution in [0.15, 0.2) is 88.9 Å². The van der Waals surface area contributed by atoms with Crippen molar-refractivity contribution < 1.29 is 13.2 Å². The van der Waals surface area contributed by atoms with Crippen molar-refractivity contribution in [1.29, 1.82) is 0 Å². The molecule has 4 N–H and O–H groups in total. The summed E-state index contributed by atoms with van der Waals surface area (Å²) >= 11 is -0.138. The number of aromatic nitrogens is 4. The lowest BCUT2D eigenvalue weighted by atomic mass is 10.0. The van der Waals surface area contributed by atoms with E-state index in [0.717, 1.165) is 29.5 Å². The van der Waals surface area contributed by atoms with Crippen molar-refractivity contribution in [2.75, 3.05) is 0 Å². The molecule has 218 valence electrons. The fourth-order valence-electron chi connectivity index (χ4n) is 4.74. The van der Waals surface area contributed by atoms with Gasteiger partial charge in [-0.2, -0.15) is 18.2 Å². The van der Waals surface area contributed by atoms with Gasteiger partial charge < -0.3 is 16.0 Å². The van der Waals surface area contributed by atoms with Crippen molar-refractivity contribution in [1.82, 2.24) is 24.8 Å². The number of alkyl halides is 3. The molecule has 0 saturated carbocycles. The molecule has 0 unspecified atom stereocenters. The van der Waals surface area contributed by atoms with E-state index in [2.05, 4.69) is 20.3 Å². The van der Waals surface area contributed by atoms with Crippen LogP contribution in [-0.2, 0) is 19.5 Å². The minimum Gasteiger partial charge on any atom is -0.339 e. The monoisotopic (exact) mass is 592 g/mol. The Morgan fingerprint density at radius 3 is 2.40 bits per heavy atom. The lowest BCUT2D eigenvalue weighted by molar-refractivity contribution is -0.0328. The van der Waals surface area contributed by atoms with Crippen molar-refractivity contribution >= 4 is 22.8 Å². The first-order valence-corrected chi connectivity index (χ1v) is 14.4. The number of aromatic amines is 1. The summed E-state index contributed by atoms with van der Waals surface area (Å²) < 4.78 is 41.1. The van der Waals surface area contributed by atoms with Crippen LogP contribution in [0.4, 0.5) is 13.2 Å². The van der Waals surface area contributed by atoms with E-state index in [1.54, 1.807) is 30.7 Å². The van der Waals surface area contributed by atoms with E-state index in [-0.39, 0.29) is 22.7 Å². The van der Waals surface area contributed by atoms with Gasteiger partial charge in [0, 0.05) is 53.7 Å². The molecule has 7 nitrogen and oxygen atoms in total. The van der Waals surface area contributed by atoms with Crippen LogP contribution in [0.3, 0.4) is 0 Å². The summed E-state index contributed by atoms with van der Waals surface area (Å²) in [6.07, 6.45) is 7.36. The van der Waals surface area contributed by atoms with Gasteiger partial charge in [0.05, 0.1) is 5.69 Å². The van der Waals surface area contributed by atoms with E-state index >= 15 is 0 Å². The second kappa shape index (κ2) is 12.9. The van der Waals surface area contributed by atoms with Gasteiger partial charge in [-0.15, -0.1) is 0 Å². The number of nitrogens with zero attached hydrogens (tertiary/aromatic N) is 3. The molecule has 0 fully saturated rings. The number of halogens is 3. The van der Waals surface area contributed by atoms with Gasteiger partial charge in [-0.05, 0) is 109 Å². The molecule has 0 saturated heterocycles. The molecule has 5 rings (SSSR count). The number of nitrogens with one attached hydrogen (secondary N) is 2. The third-order valence-corrected chi connectivity index (χ3v) is 7.47. The second-order valence-corrected chi connectivity index (χ2v) is 11.4. The van der Waals surface area contributed by atoms with Crippen LogP contribution in [0.2, 0.25) is 0 Å². The Hall–Kier alpha value is -3.93. The number of pyridine rings is 1. The molecule has 0 aliphatic rings. The summed E-state index contributed by atoms with van der Waals surface area (Å²) in [5, 5.41) is 4.05. The van der Waals surface area contributed by atoms with Gasteiger partial charge in [0.25, 0.3) is 0 Å². The molecule has 11 heteroatoms. The Morgan fingerprint density at radius 1 is 1.00 bits per heavy atom. The van der Waals surface area contributed by atoms with Crippen LogP contribution in [0.5, 0.6) is 0 Å². The molecule has 0 aliphatic carbocycles. The topological polar surface area (TPSA) is 102 Å². The van der Waals surface area contributed by atoms with Crippen molar-refractivity contribution in [2.45, 2.75) is 55.7 Å². The Morgan fingerprint density at radius 2 is 1.71 bits per heavy atom. The van der Waals surface area contributed by atoms with E-state index in [1.165, 1.54) is 10.6 Å². The zero-order valence-corrected chi connectivity index (χ0v) is 23.8. The smallest absolute Gasteiger partial charge is 0.339 e. The highest BCUT2D eigenvalue weighted by Crippen LogP contribution is 2.39. The van der Waals surface area contributed by atoms with E-state index in [4.69, 9.17) is 5.73 Å². The Balaban J connectivity index is 1.37. The van der Waals surface area contributed by atoms with Gasteiger partial charge in [-0.1, -0.05) is 12.1 Å². The lowest BCUT2D eigenvalue weighted by Gasteiger charge is -2.11. The van der Waals surface area contributed by atoms with Crippen LogP contribution in [-0.4, -0.2) is 31.1 Å². The largest absolute Gasteiger partial charge is 0.446 e. The Labute approximate surface area is 245 Å². The minimum atomic E-state index is -4.40. The van der Waals surface area contributed by atoms with Crippen LogP contribution in [0.25, 0.3) is 28.0 Å². The molecule has 0 aliphatic heterocycles. The van der Waals surface area contributed by atoms with Crippen molar-refractivity contribution in [3.8, 4) is 16.9 Å². The molecule has 42 heavy (non-hydrogen) atoms. The van der Waals surface area contributed by atoms with E-state index in [1.807, 2.05) is 49.4 Å². The number of aryl methyl sites for hydroxylation is 1.